The van der Waals surface area contributed by atoms with Gasteiger partial charge in [0.15, 0.2) is 0 Å². The smallest absolute Gasteiger partial charge is 0.143 e. The van der Waals surface area contributed by atoms with E-state index < -0.39 is 0 Å². The molecule has 1 rings (SSSR count). The van der Waals surface area contributed by atoms with Crippen LogP contribution in [0.1, 0.15) is 40.0 Å². The van der Waals surface area contributed by atoms with Crippen molar-refractivity contribution >= 4 is 17.5 Å². The van der Waals surface area contributed by atoms with Crippen LogP contribution in [0.15, 0.2) is 29.2 Å². The minimum Gasteiger partial charge on any atom is -0.299 e. The number of thioether (sulfide) groups is 1. The average Bonchev–Trinajstić information content (AvgIpc) is 2.26. The lowest BCUT2D eigenvalue weighted by molar-refractivity contribution is -0.116. The van der Waals surface area contributed by atoms with Crippen molar-refractivity contribution in [2.24, 2.45) is 5.41 Å². The molecule has 0 aliphatic heterocycles. The SMILES string of the molecule is CC(C)(C)CCCC(=O)CSc1ccc(F)cc1. The van der Waals surface area contributed by atoms with Crippen LogP contribution in [0.2, 0.25) is 0 Å². The lowest BCUT2D eigenvalue weighted by Gasteiger charge is -2.17. The highest BCUT2D eigenvalue weighted by atomic mass is 32.2. The van der Waals surface area contributed by atoms with Gasteiger partial charge in [-0.2, -0.15) is 0 Å². The predicted octanol–water partition coefficient (Wildman–Crippen LogP) is 4.70. The van der Waals surface area contributed by atoms with Gasteiger partial charge in [-0.25, -0.2) is 4.39 Å². The highest BCUT2D eigenvalue weighted by Crippen LogP contribution is 2.23. The van der Waals surface area contributed by atoms with E-state index in [0.29, 0.717) is 17.6 Å². The van der Waals surface area contributed by atoms with Gasteiger partial charge in [0.1, 0.15) is 11.6 Å². The second-order valence-corrected chi connectivity index (χ2v) is 6.74. The summed E-state index contributed by atoms with van der Waals surface area (Å²) in [6.45, 7) is 6.56. The summed E-state index contributed by atoms with van der Waals surface area (Å²) in [5.74, 6) is 0.514. The number of hydrogen-bond donors (Lipinski definition) is 0. The summed E-state index contributed by atoms with van der Waals surface area (Å²) < 4.78 is 12.7. The van der Waals surface area contributed by atoms with E-state index in [2.05, 4.69) is 20.8 Å². The van der Waals surface area contributed by atoms with Crippen molar-refractivity contribution in [2.75, 3.05) is 5.75 Å². The Morgan fingerprint density at radius 2 is 1.83 bits per heavy atom. The molecule has 0 N–H and O–H groups in total. The number of halogens is 1. The first kappa shape index (κ1) is 15.2. The maximum Gasteiger partial charge on any atom is 0.143 e. The number of carbonyl (C=O) groups is 1. The number of hydrogen-bond acceptors (Lipinski definition) is 2. The molecule has 1 aromatic carbocycles. The van der Waals surface area contributed by atoms with E-state index in [1.165, 1.54) is 23.9 Å². The molecule has 100 valence electrons. The zero-order chi connectivity index (χ0) is 13.6. The molecule has 18 heavy (non-hydrogen) atoms. The van der Waals surface area contributed by atoms with Crippen molar-refractivity contribution in [3.05, 3.63) is 30.1 Å². The molecular weight excluding hydrogens is 247 g/mol. The number of Topliss-reactive ketones (excluding diaryl/α,β-unsaturated/α-hetero) is 1. The topological polar surface area (TPSA) is 17.1 Å². The van der Waals surface area contributed by atoms with E-state index in [1.807, 2.05) is 0 Å². The molecule has 0 heterocycles. The Morgan fingerprint density at radius 3 is 2.39 bits per heavy atom. The summed E-state index contributed by atoms with van der Waals surface area (Å²) in [5.41, 5.74) is 0.296. The first-order chi connectivity index (χ1) is 8.37. The van der Waals surface area contributed by atoms with Crippen LogP contribution in [0.4, 0.5) is 4.39 Å². The third kappa shape index (κ3) is 6.80. The molecule has 0 aliphatic carbocycles. The molecule has 0 aliphatic rings. The van der Waals surface area contributed by atoms with Gasteiger partial charge < -0.3 is 0 Å². The third-order valence-electron chi connectivity index (χ3n) is 2.60. The quantitative estimate of drug-likeness (QED) is 0.695. The standard InChI is InChI=1S/C15H21FOS/c1-15(2,3)10-4-5-13(17)11-18-14-8-6-12(16)7-9-14/h6-9H,4-5,10-11H2,1-3H3. The van der Waals surface area contributed by atoms with E-state index in [1.54, 1.807) is 12.1 Å². The van der Waals surface area contributed by atoms with Crippen molar-refractivity contribution in [3.63, 3.8) is 0 Å². The second kappa shape index (κ2) is 6.93. The van der Waals surface area contributed by atoms with E-state index in [4.69, 9.17) is 0 Å². The molecule has 0 aromatic heterocycles. The van der Waals surface area contributed by atoms with Gasteiger partial charge in [0.25, 0.3) is 0 Å². The van der Waals surface area contributed by atoms with Crippen LogP contribution in [-0.4, -0.2) is 11.5 Å². The summed E-state index contributed by atoms with van der Waals surface area (Å²) in [6, 6.07) is 6.27. The maximum absolute atomic E-state index is 12.7. The fourth-order valence-electron chi connectivity index (χ4n) is 1.58. The molecule has 0 spiro atoms. The van der Waals surface area contributed by atoms with E-state index in [-0.39, 0.29) is 11.6 Å². The molecule has 0 bridgehead atoms. The van der Waals surface area contributed by atoms with Crippen molar-refractivity contribution in [3.8, 4) is 0 Å². The van der Waals surface area contributed by atoms with Crippen LogP contribution < -0.4 is 0 Å². The maximum atomic E-state index is 12.7. The number of benzene rings is 1. The van der Waals surface area contributed by atoms with Gasteiger partial charge in [-0.1, -0.05) is 20.8 Å². The normalized spacial score (nSPS) is 11.6. The molecule has 0 amide bonds. The fraction of sp³-hybridized carbons (Fsp3) is 0.533. The van der Waals surface area contributed by atoms with E-state index in [0.717, 1.165) is 17.7 Å². The van der Waals surface area contributed by atoms with Gasteiger partial charge in [-0.3, -0.25) is 4.79 Å². The Hall–Kier alpha value is -0.830. The first-order valence-electron chi connectivity index (χ1n) is 6.27. The van der Waals surface area contributed by atoms with E-state index >= 15 is 0 Å². The van der Waals surface area contributed by atoms with Crippen LogP contribution in [0.5, 0.6) is 0 Å². The minimum atomic E-state index is -0.240. The van der Waals surface area contributed by atoms with E-state index in [9.17, 15) is 9.18 Å². The number of ketones is 1. The molecule has 0 unspecified atom stereocenters. The molecule has 0 radical (unpaired) electrons. The van der Waals surface area contributed by atoms with Crippen LogP contribution in [0.25, 0.3) is 0 Å². The monoisotopic (exact) mass is 268 g/mol. The minimum absolute atomic E-state index is 0.240. The summed E-state index contributed by atoms with van der Waals surface area (Å²) in [7, 11) is 0. The number of rotatable bonds is 6. The predicted molar refractivity (Wildman–Crippen MR) is 75.4 cm³/mol. The largest absolute Gasteiger partial charge is 0.299 e. The van der Waals surface area contributed by atoms with Crippen molar-refractivity contribution in [1.82, 2.24) is 0 Å². The molecule has 1 nitrogen and oxygen atoms in total. The van der Waals surface area contributed by atoms with Crippen LogP contribution >= 0.6 is 11.8 Å². The highest BCUT2D eigenvalue weighted by Gasteiger charge is 2.11. The Morgan fingerprint density at radius 1 is 1.22 bits per heavy atom. The molecule has 0 saturated heterocycles. The molecule has 0 saturated carbocycles. The third-order valence-corrected chi connectivity index (χ3v) is 3.67. The molecule has 0 atom stereocenters. The van der Waals surface area contributed by atoms with Crippen molar-refractivity contribution in [2.45, 2.75) is 44.9 Å². The van der Waals surface area contributed by atoms with Gasteiger partial charge in [0.05, 0.1) is 5.75 Å². The molecule has 3 heteroatoms. The first-order valence-corrected chi connectivity index (χ1v) is 7.25. The second-order valence-electron chi connectivity index (χ2n) is 5.70. The van der Waals surface area contributed by atoms with Crippen molar-refractivity contribution < 1.29 is 9.18 Å². The summed E-state index contributed by atoms with van der Waals surface area (Å²) in [4.78, 5) is 12.6. The lowest BCUT2D eigenvalue weighted by Crippen LogP contribution is -2.07. The molecule has 0 fully saturated rings. The number of carbonyl (C=O) groups excluding carboxylic acids is 1. The summed E-state index contributed by atoms with van der Waals surface area (Å²) >= 11 is 1.48. The Kier molecular flexibility index (Phi) is 5.86. The average molecular weight is 268 g/mol. The van der Waals surface area contributed by atoms with Gasteiger partial charge in [0.2, 0.25) is 0 Å². The Balaban J connectivity index is 2.23. The van der Waals surface area contributed by atoms with Crippen LogP contribution in [-0.2, 0) is 4.79 Å². The molecular formula is C15H21FOS. The van der Waals surface area contributed by atoms with Gasteiger partial charge >= 0.3 is 0 Å². The summed E-state index contributed by atoms with van der Waals surface area (Å²) in [5, 5.41) is 0. The van der Waals surface area contributed by atoms with Crippen LogP contribution in [0, 0.1) is 11.2 Å². The lowest BCUT2D eigenvalue weighted by atomic mass is 9.89. The van der Waals surface area contributed by atoms with Gasteiger partial charge in [-0.05, 0) is 42.5 Å². The van der Waals surface area contributed by atoms with Crippen molar-refractivity contribution in [1.29, 1.82) is 0 Å². The molecule has 1 aromatic rings. The zero-order valence-corrected chi connectivity index (χ0v) is 12.1. The van der Waals surface area contributed by atoms with Gasteiger partial charge in [-0.15, -0.1) is 11.8 Å². The fourth-order valence-corrected chi connectivity index (χ4v) is 2.38. The van der Waals surface area contributed by atoms with Gasteiger partial charge in [0, 0.05) is 11.3 Å². The highest BCUT2D eigenvalue weighted by molar-refractivity contribution is 8.00. The Labute approximate surface area is 113 Å². The Bertz CT molecular complexity index is 378. The van der Waals surface area contributed by atoms with Crippen LogP contribution in [0.3, 0.4) is 0 Å². The zero-order valence-electron chi connectivity index (χ0n) is 11.3. The summed E-state index contributed by atoms with van der Waals surface area (Å²) in [6.07, 6.45) is 2.66.